The van der Waals surface area contributed by atoms with E-state index < -0.39 is 0 Å². The highest BCUT2D eigenvalue weighted by atomic mass is 15.1. The van der Waals surface area contributed by atoms with Gasteiger partial charge in [-0.1, -0.05) is 220 Å². The van der Waals surface area contributed by atoms with Crippen molar-refractivity contribution in [1.82, 2.24) is 4.57 Å². The third-order valence-corrected chi connectivity index (χ3v) is 14.6. The molecule has 0 radical (unpaired) electrons. The zero-order valence-electron chi connectivity index (χ0n) is 38.6. The molecule has 0 saturated heterocycles. The number of fused-ring (bicyclic) bond motifs is 7. The zero-order chi connectivity index (χ0) is 46.1. The molecule has 0 fully saturated rings. The Hall–Kier alpha value is -8.72. The van der Waals surface area contributed by atoms with Gasteiger partial charge in [0.1, 0.15) is 0 Å². The van der Waals surface area contributed by atoms with Crippen molar-refractivity contribution in [3.05, 3.63) is 266 Å². The molecule has 0 unspecified atom stereocenters. The van der Waals surface area contributed by atoms with E-state index in [1.54, 1.807) is 0 Å². The van der Waals surface area contributed by atoms with E-state index in [1.807, 2.05) is 0 Å². The standard InChI is InChI=1S/C67H48N2/c1-67(2)59-38-13-11-33-58(59)65-56(35-19-39-60(65)67)55-36-20-42-63(64(55)49-27-15-25-47(43-49)45-21-5-3-6-22-45)68(61-41-17-24-46-23-9-10-31-52(46)61)51-30-16-26-48(44-51)53-34-18-37-57-54-32-12-14-40-62(54)69(66(53)57)50-28-7-4-8-29-50/h3-44H,1-2H3. The molecule has 0 bridgehead atoms. The molecule has 1 heterocycles. The second-order valence-electron chi connectivity index (χ2n) is 18.8. The Morgan fingerprint density at radius 2 is 0.899 bits per heavy atom. The van der Waals surface area contributed by atoms with E-state index in [-0.39, 0.29) is 5.41 Å². The van der Waals surface area contributed by atoms with Crippen LogP contribution in [0, 0.1) is 0 Å². The van der Waals surface area contributed by atoms with Crippen molar-refractivity contribution in [3.8, 4) is 61.3 Å². The van der Waals surface area contributed by atoms with Crippen molar-refractivity contribution in [3.63, 3.8) is 0 Å². The van der Waals surface area contributed by atoms with Crippen LogP contribution in [0.4, 0.5) is 17.1 Å². The SMILES string of the molecule is CC1(C)c2ccccc2-c2c(-c3cccc(N(c4cccc(-c5cccc6c7ccccc7n(-c7ccccc7)c56)c4)c4cccc5ccccc45)c3-c3cccc(-c4ccccc4)c3)cccc21. The molecule has 0 N–H and O–H groups in total. The molecule has 0 saturated carbocycles. The monoisotopic (exact) mass is 880 g/mol. The molecule has 1 aliphatic carbocycles. The predicted octanol–water partition coefficient (Wildman–Crippen LogP) is 18.4. The maximum absolute atomic E-state index is 2.52. The van der Waals surface area contributed by atoms with Gasteiger partial charge in [-0.2, -0.15) is 0 Å². The average molecular weight is 881 g/mol. The van der Waals surface area contributed by atoms with Gasteiger partial charge in [-0.3, -0.25) is 0 Å². The number of para-hydroxylation sites is 3. The second-order valence-corrected chi connectivity index (χ2v) is 18.8. The smallest absolute Gasteiger partial charge is 0.0619 e. The van der Waals surface area contributed by atoms with Crippen LogP contribution in [0.1, 0.15) is 25.0 Å². The minimum atomic E-state index is -0.141. The second kappa shape index (κ2) is 16.3. The van der Waals surface area contributed by atoms with Crippen LogP contribution in [0.2, 0.25) is 0 Å². The van der Waals surface area contributed by atoms with E-state index in [0.29, 0.717) is 0 Å². The summed E-state index contributed by atoms with van der Waals surface area (Å²) in [5, 5.41) is 4.85. The summed E-state index contributed by atoms with van der Waals surface area (Å²) in [5.74, 6) is 0. The Morgan fingerprint density at radius 1 is 0.348 bits per heavy atom. The van der Waals surface area contributed by atoms with Gasteiger partial charge in [0.2, 0.25) is 0 Å². The maximum atomic E-state index is 2.52. The first kappa shape index (κ1) is 40.5. The first-order valence-electron chi connectivity index (χ1n) is 24.0. The van der Waals surface area contributed by atoms with Crippen LogP contribution in [-0.2, 0) is 5.41 Å². The topological polar surface area (TPSA) is 8.17 Å². The summed E-state index contributed by atoms with van der Waals surface area (Å²) in [6.07, 6.45) is 0. The van der Waals surface area contributed by atoms with E-state index in [1.165, 1.54) is 88.2 Å². The Balaban J connectivity index is 1.11. The number of hydrogen-bond acceptors (Lipinski definition) is 1. The number of hydrogen-bond donors (Lipinski definition) is 0. The number of aromatic nitrogens is 1. The highest BCUT2D eigenvalue weighted by molar-refractivity contribution is 6.14. The molecule has 0 amide bonds. The van der Waals surface area contributed by atoms with E-state index in [9.17, 15) is 0 Å². The highest BCUT2D eigenvalue weighted by Crippen LogP contribution is 2.55. The number of benzene rings is 11. The van der Waals surface area contributed by atoms with Crippen LogP contribution in [0.5, 0.6) is 0 Å². The number of anilines is 3. The molecule has 0 spiro atoms. The quantitative estimate of drug-likeness (QED) is 0.148. The minimum absolute atomic E-state index is 0.141. The van der Waals surface area contributed by atoms with Crippen LogP contribution < -0.4 is 4.90 Å². The third kappa shape index (κ3) is 6.55. The van der Waals surface area contributed by atoms with Gasteiger partial charge in [0.15, 0.2) is 0 Å². The van der Waals surface area contributed by atoms with Crippen molar-refractivity contribution < 1.29 is 0 Å². The van der Waals surface area contributed by atoms with Gasteiger partial charge in [-0.25, -0.2) is 0 Å². The summed E-state index contributed by atoms with van der Waals surface area (Å²) in [6, 6.07) is 93.9. The molecule has 2 heteroatoms. The lowest BCUT2D eigenvalue weighted by Gasteiger charge is -2.31. The summed E-state index contributed by atoms with van der Waals surface area (Å²) in [6.45, 7) is 4.74. The van der Waals surface area contributed by atoms with Crippen LogP contribution in [0.3, 0.4) is 0 Å². The molecule has 0 atom stereocenters. The molecule has 11 aromatic carbocycles. The Morgan fingerprint density at radius 3 is 1.77 bits per heavy atom. The lowest BCUT2D eigenvalue weighted by molar-refractivity contribution is 0.660. The fourth-order valence-corrected chi connectivity index (χ4v) is 11.4. The summed E-state index contributed by atoms with van der Waals surface area (Å²) in [4.78, 5) is 2.52. The van der Waals surface area contributed by atoms with Crippen molar-refractivity contribution in [1.29, 1.82) is 0 Å². The van der Waals surface area contributed by atoms with Crippen molar-refractivity contribution in [2.75, 3.05) is 4.90 Å². The first-order chi connectivity index (χ1) is 34.0. The number of rotatable bonds is 8. The van der Waals surface area contributed by atoms with Gasteiger partial charge in [0, 0.05) is 44.1 Å². The summed E-state index contributed by atoms with van der Waals surface area (Å²) < 4.78 is 2.44. The molecule has 12 aromatic rings. The molecule has 1 aliphatic rings. The molecule has 13 rings (SSSR count). The number of nitrogens with zero attached hydrogens (tertiary/aromatic N) is 2. The molecule has 0 aliphatic heterocycles. The summed E-state index contributed by atoms with van der Waals surface area (Å²) in [7, 11) is 0. The van der Waals surface area contributed by atoms with Crippen molar-refractivity contribution in [2.45, 2.75) is 19.3 Å². The van der Waals surface area contributed by atoms with Gasteiger partial charge in [0.25, 0.3) is 0 Å². The molecule has 69 heavy (non-hydrogen) atoms. The Kier molecular flexibility index (Phi) is 9.55. The summed E-state index contributed by atoms with van der Waals surface area (Å²) in [5.41, 5.74) is 21.5. The lowest BCUT2D eigenvalue weighted by atomic mass is 9.81. The highest BCUT2D eigenvalue weighted by Gasteiger charge is 2.37. The lowest BCUT2D eigenvalue weighted by Crippen LogP contribution is -2.14. The van der Waals surface area contributed by atoms with Crippen LogP contribution in [0.25, 0.3) is 93.9 Å². The molecular formula is C67H48N2. The summed E-state index contributed by atoms with van der Waals surface area (Å²) >= 11 is 0. The molecule has 2 nitrogen and oxygen atoms in total. The van der Waals surface area contributed by atoms with Gasteiger partial charge in [-0.15, -0.1) is 0 Å². The average Bonchev–Trinajstić information content (AvgIpc) is 3.88. The Labute approximate surface area is 403 Å². The fourth-order valence-electron chi connectivity index (χ4n) is 11.4. The third-order valence-electron chi connectivity index (χ3n) is 14.6. The fraction of sp³-hybridized carbons (Fsp3) is 0.0448. The van der Waals surface area contributed by atoms with Crippen LogP contribution in [0.15, 0.2) is 255 Å². The van der Waals surface area contributed by atoms with Crippen LogP contribution in [-0.4, -0.2) is 4.57 Å². The molecular weight excluding hydrogens is 833 g/mol. The predicted molar refractivity (Wildman–Crippen MR) is 292 cm³/mol. The van der Waals surface area contributed by atoms with E-state index >= 15 is 0 Å². The van der Waals surface area contributed by atoms with E-state index in [2.05, 4.69) is 278 Å². The van der Waals surface area contributed by atoms with Gasteiger partial charge in [0.05, 0.1) is 22.4 Å². The van der Waals surface area contributed by atoms with E-state index in [4.69, 9.17) is 0 Å². The van der Waals surface area contributed by atoms with Crippen LogP contribution >= 0.6 is 0 Å². The van der Waals surface area contributed by atoms with Gasteiger partial charge >= 0.3 is 0 Å². The zero-order valence-corrected chi connectivity index (χ0v) is 38.6. The van der Waals surface area contributed by atoms with Gasteiger partial charge < -0.3 is 9.47 Å². The maximum Gasteiger partial charge on any atom is 0.0619 e. The normalized spacial score (nSPS) is 12.6. The molecule has 326 valence electrons. The molecule has 1 aromatic heterocycles. The van der Waals surface area contributed by atoms with Crippen molar-refractivity contribution in [2.24, 2.45) is 0 Å². The Bertz CT molecular complexity index is 3930. The minimum Gasteiger partial charge on any atom is -0.309 e. The van der Waals surface area contributed by atoms with Gasteiger partial charge in [-0.05, 0) is 110 Å². The van der Waals surface area contributed by atoms with Crippen molar-refractivity contribution >= 4 is 49.6 Å². The van der Waals surface area contributed by atoms with E-state index in [0.717, 1.165) is 33.9 Å². The first-order valence-corrected chi connectivity index (χ1v) is 24.0. The largest absolute Gasteiger partial charge is 0.309 e.